The van der Waals surface area contributed by atoms with E-state index < -0.39 is 17.7 Å². The first kappa shape index (κ1) is 25.8. The van der Waals surface area contributed by atoms with Crippen molar-refractivity contribution >= 4 is 17.3 Å². The number of carbonyl (C=O) groups is 1. The van der Waals surface area contributed by atoms with Crippen molar-refractivity contribution in [2.45, 2.75) is 52.6 Å². The fourth-order valence-electron chi connectivity index (χ4n) is 3.74. The predicted molar refractivity (Wildman–Crippen MR) is 130 cm³/mol. The molecule has 182 valence electrons. The molecule has 0 radical (unpaired) electrons. The molecule has 0 N–H and O–H groups in total. The SMILES string of the molecule is CCOC(=O)COc1ccc(C(C)(C)Cc2sc(-c3ccc(C(F)(F)F)cc3)cc2C)cc1C. The molecule has 3 nitrogen and oxygen atoms in total. The van der Waals surface area contributed by atoms with E-state index in [1.165, 1.54) is 17.0 Å². The molecule has 1 aromatic heterocycles. The molecule has 2 aromatic carbocycles. The minimum absolute atomic E-state index is 0.126. The molecule has 0 aliphatic carbocycles. The van der Waals surface area contributed by atoms with E-state index in [2.05, 4.69) is 19.9 Å². The molecule has 0 unspecified atom stereocenters. The van der Waals surface area contributed by atoms with Crippen molar-refractivity contribution in [3.05, 3.63) is 75.7 Å². The number of halogens is 3. The van der Waals surface area contributed by atoms with E-state index in [4.69, 9.17) is 9.47 Å². The van der Waals surface area contributed by atoms with Crippen LogP contribution < -0.4 is 4.74 Å². The maximum Gasteiger partial charge on any atom is 0.416 e. The molecule has 0 atom stereocenters. The second-order valence-electron chi connectivity index (χ2n) is 8.93. The summed E-state index contributed by atoms with van der Waals surface area (Å²) in [5, 5.41) is 0. The molecular formula is C27H29F3O3S. The molecule has 3 aromatic rings. The average Bonchev–Trinajstić information content (AvgIpc) is 3.12. The summed E-state index contributed by atoms with van der Waals surface area (Å²) >= 11 is 1.61. The predicted octanol–water partition coefficient (Wildman–Crippen LogP) is 7.51. The van der Waals surface area contributed by atoms with E-state index in [9.17, 15) is 18.0 Å². The number of carbonyl (C=O) groups excluding carboxylic acids is 1. The van der Waals surface area contributed by atoms with E-state index in [0.717, 1.165) is 45.7 Å². The molecule has 7 heteroatoms. The van der Waals surface area contributed by atoms with Gasteiger partial charge in [0.1, 0.15) is 5.75 Å². The van der Waals surface area contributed by atoms with Crippen LogP contribution in [0.4, 0.5) is 13.2 Å². The third-order valence-corrected chi connectivity index (χ3v) is 7.01. The summed E-state index contributed by atoms with van der Waals surface area (Å²) in [5.41, 5.74) is 3.15. The van der Waals surface area contributed by atoms with E-state index in [0.29, 0.717) is 12.4 Å². The number of hydrogen-bond acceptors (Lipinski definition) is 4. The van der Waals surface area contributed by atoms with Gasteiger partial charge in [0, 0.05) is 9.75 Å². The molecule has 0 spiro atoms. The number of thiophene rings is 1. The first-order valence-electron chi connectivity index (χ1n) is 11.1. The smallest absolute Gasteiger partial charge is 0.416 e. The molecule has 0 bridgehead atoms. The topological polar surface area (TPSA) is 35.5 Å². The zero-order valence-corrected chi connectivity index (χ0v) is 20.8. The summed E-state index contributed by atoms with van der Waals surface area (Å²) in [5.74, 6) is 0.243. The van der Waals surface area contributed by atoms with Crippen LogP contribution in [0, 0.1) is 13.8 Å². The molecule has 0 fully saturated rings. The minimum atomic E-state index is -4.34. The lowest BCUT2D eigenvalue weighted by Gasteiger charge is -2.26. The summed E-state index contributed by atoms with van der Waals surface area (Å²) < 4.78 is 49.1. The Hall–Kier alpha value is -2.80. The Morgan fingerprint density at radius 1 is 0.941 bits per heavy atom. The Morgan fingerprint density at radius 2 is 1.59 bits per heavy atom. The van der Waals surface area contributed by atoms with Gasteiger partial charge >= 0.3 is 12.1 Å². The van der Waals surface area contributed by atoms with E-state index in [1.54, 1.807) is 18.3 Å². The van der Waals surface area contributed by atoms with Gasteiger partial charge in [-0.1, -0.05) is 38.1 Å². The normalized spacial score (nSPS) is 12.0. The summed E-state index contributed by atoms with van der Waals surface area (Å²) in [6.07, 6.45) is -3.55. The van der Waals surface area contributed by atoms with Crippen molar-refractivity contribution in [2.24, 2.45) is 0 Å². The minimum Gasteiger partial charge on any atom is -0.482 e. The van der Waals surface area contributed by atoms with Gasteiger partial charge in [-0.2, -0.15) is 13.2 Å². The van der Waals surface area contributed by atoms with E-state index in [1.807, 2.05) is 32.0 Å². The molecule has 3 rings (SSSR count). The maximum atomic E-state index is 12.9. The fraction of sp³-hybridized carbons (Fsp3) is 0.370. The van der Waals surface area contributed by atoms with Crippen molar-refractivity contribution in [1.29, 1.82) is 0 Å². The van der Waals surface area contributed by atoms with Gasteiger partial charge in [-0.05, 0) is 79.1 Å². The fourth-order valence-corrected chi connectivity index (χ4v) is 5.14. The number of hydrogen-bond donors (Lipinski definition) is 0. The van der Waals surface area contributed by atoms with Crippen LogP contribution in [-0.4, -0.2) is 19.2 Å². The zero-order chi connectivity index (χ0) is 25.1. The Labute approximate surface area is 202 Å². The van der Waals surface area contributed by atoms with Crippen LogP contribution in [0.25, 0.3) is 10.4 Å². The Morgan fingerprint density at radius 3 is 2.18 bits per heavy atom. The highest BCUT2D eigenvalue weighted by atomic mass is 32.1. The van der Waals surface area contributed by atoms with Crippen LogP contribution in [0.2, 0.25) is 0 Å². The second-order valence-corrected chi connectivity index (χ2v) is 10.1. The average molecular weight is 491 g/mol. The Kier molecular flexibility index (Phi) is 7.76. The molecular weight excluding hydrogens is 461 g/mol. The lowest BCUT2D eigenvalue weighted by atomic mass is 9.80. The number of esters is 1. The van der Waals surface area contributed by atoms with Crippen LogP contribution >= 0.6 is 11.3 Å². The quantitative estimate of drug-likeness (QED) is 0.307. The summed E-state index contributed by atoms with van der Waals surface area (Å²) in [6.45, 7) is 10.2. The first-order valence-corrected chi connectivity index (χ1v) is 11.9. The van der Waals surface area contributed by atoms with Crippen LogP contribution in [0.3, 0.4) is 0 Å². The van der Waals surface area contributed by atoms with Crippen LogP contribution in [0.5, 0.6) is 5.75 Å². The van der Waals surface area contributed by atoms with Crippen LogP contribution in [0.15, 0.2) is 48.5 Å². The number of benzene rings is 2. The number of rotatable bonds is 8. The van der Waals surface area contributed by atoms with Crippen molar-refractivity contribution < 1.29 is 27.4 Å². The Balaban J connectivity index is 1.75. The molecule has 0 saturated carbocycles. The van der Waals surface area contributed by atoms with Gasteiger partial charge in [-0.15, -0.1) is 11.3 Å². The summed E-state index contributed by atoms with van der Waals surface area (Å²) in [6, 6.07) is 13.3. The van der Waals surface area contributed by atoms with Crippen molar-refractivity contribution in [3.8, 4) is 16.2 Å². The molecule has 34 heavy (non-hydrogen) atoms. The lowest BCUT2D eigenvalue weighted by molar-refractivity contribution is -0.145. The van der Waals surface area contributed by atoms with Crippen molar-refractivity contribution in [1.82, 2.24) is 0 Å². The molecule has 0 aliphatic heterocycles. The van der Waals surface area contributed by atoms with Crippen LogP contribution in [-0.2, 0) is 27.5 Å². The molecule has 1 heterocycles. The number of alkyl halides is 3. The highest BCUT2D eigenvalue weighted by Gasteiger charge is 2.30. The second kappa shape index (κ2) is 10.2. The van der Waals surface area contributed by atoms with Gasteiger partial charge < -0.3 is 9.47 Å². The molecule has 0 amide bonds. The van der Waals surface area contributed by atoms with Gasteiger partial charge in [0.05, 0.1) is 12.2 Å². The van der Waals surface area contributed by atoms with Gasteiger partial charge in [0.2, 0.25) is 0 Å². The highest BCUT2D eigenvalue weighted by molar-refractivity contribution is 7.15. The van der Waals surface area contributed by atoms with Crippen LogP contribution in [0.1, 0.15) is 47.9 Å². The largest absolute Gasteiger partial charge is 0.482 e. The standard InChI is InChI=1S/C27H29F3O3S/c1-6-32-25(31)16-33-22-12-11-21(13-17(22)2)26(4,5)15-24-18(3)14-23(34-24)19-7-9-20(10-8-19)27(28,29)30/h7-14H,6,15-16H2,1-5H3. The number of ether oxygens (including phenoxy) is 2. The number of aryl methyl sites for hydroxylation is 2. The lowest BCUT2D eigenvalue weighted by Crippen LogP contribution is -2.21. The monoisotopic (exact) mass is 490 g/mol. The Bertz CT molecular complexity index is 1140. The third-order valence-electron chi connectivity index (χ3n) is 5.73. The molecule has 0 saturated heterocycles. The van der Waals surface area contributed by atoms with Gasteiger partial charge in [-0.3, -0.25) is 0 Å². The van der Waals surface area contributed by atoms with Crippen molar-refractivity contribution in [3.63, 3.8) is 0 Å². The zero-order valence-electron chi connectivity index (χ0n) is 20.0. The van der Waals surface area contributed by atoms with E-state index in [-0.39, 0.29) is 12.0 Å². The first-order chi connectivity index (χ1) is 15.9. The summed E-state index contributed by atoms with van der Waals surface area (Å²) in [7, 11) is 0. The van der Waals surface area contributed by atoms with Gasteiger partial charge in [0.15, 0.2) is 6.61 Å². The van der Waals surface area contributed by atoms with Crippen molar-refractivity contribution in [2.75, 3.05) is 13.2 Å². The molecule has 0 aliphatic rings. The third kappa shape index (κ3) is 6.20. The van der Waals surface area contributed by atoms with E-state index >= 15 is 0 Å². The van der Waals surface area contributed by atoms with Gasteiger partial charge in [0.25, 0.3) is 0 Å². The summed E-state index contributed by atoms with van der Waals surface area (Å²) in [4.78, 5) is 13.7. The van der Waals surface area contributed by atoms with Gasteiger partial charge in [-0.25, -0.2) is 4.79 Å². The maximum absolute atomic E-state index is 12.9. The highest BCUT2D eigenvalue weighted by Crippen LogP contribution is 2.38.